The molecule has 0 N–H and O–H groups in total. The van der Waals surface area contributed by atoms with Gasteiger partial charge in [-0.05, 0) is 33.5 Å². The molecule has 0 bridgehead atoms. The Morgan fingerprint density at radius 2 is 2.00 bits per heavy atom. The van der Waals surface area contributed by atoms with Gasteiger partial charge in [-0.15, -0.1) is 11.8 Å². The van der Waals surface area contributed by atoms with Gasteiger partial charge < -0.3 is 0 Å². The third kappa shape index (κ3) is 6.70. The fraction of sp³-hybridized carbons (Fsp3) is 0.556. The molecule has 0 aliphatic rings. The van der Waals surface area contributed by atoms with Crippen molar-refractivity contribution < 1.29 is 0 Å². The molecule has 0 spiro atoms. The first-order valence-corrected chi connectivity index (χ1v) is 5.83. The summed E-state index contributed by atoms with van der Waals surface area (Å²) in [6, 6.07) is 0. The van der Waals surface area contributed by atoms with Crippen molar-refractivity contribution in [1.82, 2.24) is 0 Å². The summed E-state index contributed by atoms with van der Waals surface area (Å²) in [6.07, 6.45) is 4.98. The first-order chi connectivity index (χ1) is 5.26. The SMILES string of the molecule is C=C/C(Br)=C(/CC)SC.CC. The van der Waals surface area contributed by atoms with Gasteiger partial charge in [0.05, 0.1) is 0 Å². The van der Waals surface area contributed by atoms with Crippen molar-refractivity contribution in [1.29, 1.82) is 0 Å². The summed E-state index contributed by atoms with van der Waals surface area (Å²) < 4.78 is 1.12. The van der Waals surface area contributed by atoms with E-state index in [4.69, 9.17) is 0 Å². The molecular weight excluding hydrogens is 220 g/mol. The van der Waals surface area contributed by atoms with Crippen molar-refractivity contribution in [3.63, 3.8) is 0 Å². The van der Waals surface area contributed by atoms with Crippen LogP contribution >= 0.6 is 27.7 Å². The summed E-state index contributed by atoms with van der Waals surface area (Å²) in [6.45, 7) is 9.79. The van der Waals surface area contributed by atoms with E-state index < -0.39 is 0 Å². The highest BCUT2D eigenvalue weighted by Crippen LogP contribution is 2.24. The number of allylic oxidation sites excluding steroid dienone is 3. The second kappa shape index (κ2) is 10.3. The zero-order chi connectivity index (χ0) is 9.28. The van der Waals surface area contributed by atoms with Crippen LogP contribution in [0.15, 0.2) is 22.0 Å². The van der Waals surface area contributed by atoms with Crippen molar-refractivity contribution in [2.75, 3.05) is 6.26 Å². The van der Waals surface area contributed by atoms with Crippen LogP contribution in [0.4, 0.5) is 0 Å². The van der Waals surface area contributed by atoms with Gasteiger partial charge in [0.25, 0.3) is 0 Å². The molecule has 0 aliphatic carbocycles. The van der Waals surface area contributed by atoms with Crippen LogP contribution in [0.1, 0.15) is 27.2 Å². The van der Waals surface area contributed by atoms with Crippen molar-refractivity contribution in [3.8, 4) is 0 Å². The van der Waals surface area contributed by atoms with Crippen LogP contribution in [0.5, 0.6) is 0 Å². The van der Waals surface area contributed by atoms with Gasteiger partial charge in [0.15, 0.2) is 0 Å². The zero-order valence-electron chi connectivity index (χ0n) is 7.78. The first kappa shape index (κ1) is 13.9. The van der Waals surface area contributed by atoms with E-state index in [0.717, 1.165) is 10.9 Å². The lowest BCUT2D eigenvalue weighted by molar-refractivity contribution is 1.20. The highest BCUT2D eigenvalue weighted by atomic mass is 79.9. The van der Waals surface area contributed by atoms with Crippen LogP contribution in [0, 0.1) is 0 Å². The molecule has 0 fully saturated rings. The van der Waals surface area contributed by atoms with E-state index in [1.54, 1.807) is 11.8 Å². The smallest absolute Gasteiger partial charge is 0.0264 e. The predicted molar refractivity (Wildman–Crippen MR) is 61.3 cm³/mol. The number of thioether (sulfide) groups is 1. The van der Waals surface area contributed by atoms with Gasteiger partial charge in [-0.1, -0.05) is 33.4 Å². The Hall–Kier alpha value is 0.310. The molecule has 2 heteroatoms. The average Bonchev–Trinajstić information content (AvgIpc) is 2.10. The molecule has 11 heavy (non-hydrogen) atoms. The Labute approximate surface area is 83.3 Å². The van der Waals surface area contributed by atoms with Crippen LogP contribution in [0.2, 0.25) is 0 Å². The van der Waals surface area contributed by atoms with Gasteiger partial charge in [-0.2, -0.15) is 0 Å². The van der Waals surface area contributed by atoms with Gasteiger partial charge in [0, 0.05) is 4.48 Å². The van der Waals surface area contributed by atoms with Gasteiger partial charge in [0.1, 0.15) is 0 Å². The van der Waals surface area contributed by atoms with Crippen molar-refractivity contribution in [2.45, 2.75) is 27.2 Å². The molecule has 66 valence electrons. The molecular formula is C9H17BrS. The van der Waals surface area contributed by atoms with E-state index in [0.29, 0.717) is 0 Å². The van der Waals surface area contributed by atoms with Crippen LogP contribution in [0.25, 0.3) is 0 Å². The summed E-state index contributed by atoms with van der Waals surface area (Å²) in [7, 11) is 0. The van der Waals surface area contributed by atoms with Crippen LogP contribution in [-0.4, -0.2) is 6.26 Å². The summed E-state index contributed by atoms with van der Waals surface area (Å²) in [5, 5.41) is 0. The molecule has 0 aliphatic heterocycles. The summed E-state index contributed by atoms with van der Waals surface area (Å²) >= 11 is 5.17. The molecule has 0 aromatic heterocycles. The molecule has 0 saturated carbocycles. The molecule has 0 amide bonds. The monoisotopic (exact) mass is 236 g/mol. The minimum absolute atomic E-state index is 1.08. The lowest BCUT2D eigenvalue weighted by Crippen LogP contribution is -1.73. The number of halogens is 1. The summed E-state index contributed by atoms with van der Waals surface area (Å²) in [4.78, 5) is 1.35. The molecule has 0 aromatic rings. The van der Waals surface area contributed by atoms with Crippen molar-refractivity contribution >= 4 is 27.7 Å². The maximum atomic E-state index is 3.66. The molecule has 0 atom stereocenters. The van der Waals surface area contributed by atoms with Gasteiger partial charge >= 0.3 is 0 Å². The maximum Gasteiger partial charge on any atom is 0.0264 e. The Morgan fingerprint density at radius 1 is 1.55 bits per heavy atom. The van der Waals surface area contributed by atoms with Gasteiger partial charge in [-0.3, -0.25) is 0 Å². The first-order valence-electron chi connectivity index (χ1n) is 3.81. The van der Waals surface area contributed by atoms with Gasteiger partial charge in [-0.25, -0.2) is 0 Å². The number of rotatable bonds is 3. The van der Waals surface area contributed by atoms with E-state index >= 15 is 0 Å². The average molecular weight is 237 g/mol. The Balaban J connectivity index is 0. The predicted octanol–water partition coefficient (Wildman–Crippen LogP) is 4.58. The molecule has 0 heterocycles. The molecule has 0 aromatic carbocycles. The minimum Gasteiger partial charge on any atom is -0.133 e. The zero-order valence-corrected chi connectivity index (χ0v) is 10.2. The van der Waals surface area contributed by atoms with E-state index in [1.807, 2.05) is 19.9 Å². The van der Waals surface area contributed by atoms with E-state index in [9.17, 15) is 0 Å². The summed E-state index contributed by atoms with van der Waals surface area (Å²) in [5.41, 5.74) is 0. The number of hydrogen-bond acceptors (Lipinski definition) is 1. The third-order valence-corrected chi connectivity index (χ3v) is 3.08. The number of hydrogen-bond donors (Lipinski definition) is 0. The standard InChI is InChI=1S/C7H11BrS.C2H6/c1-4-6(8)7(5-2)9-3;1-2/h4H,1,5H2,2-3H3;1-2H3/b7-6+;. The van der Waals surface area contributed by atoms with E-state index in [2.05, 4.69) is 35.7 Å². The van der Waals surface area contributed by atoms with Gasteiger partial charge in [0.2, 0.25) is 0 Å². The molecule has 0 saturated heterocycles. The largest absolute Gasteiger partial charge is 0.133 e. The maximum absolute atomic E-state index is 3.66. The summed E-state index contributed by atoms with van der Waals surface area (Å²) in [5.74, 6) is 0. The topological polar surface area (TPSA) is 0 Å². The molecule has 0 nitrogen and oxygen atoms in total. The highest BCUT2D eigenvalue weighted by molar-refractivity contribution is 9.12. The fourth-order valence-electron chi connectivity index (χ4n) is 0.525. The van der Waals surface area contributed by atoms with Crippen molar-refractivity contribution in [3.05, 3.63) is 22.0 Å². The molecule has 0 radical (unpaired) electrons. The van der Waals surface area contributed by atoms with E-state index in [1.165, 1.54) is 4.91 Å². The van der Waals surface area contributed by atoms with Crippen LogP contribution < -0.4 is 0 Å². The fourth-order valence-corrected chi connectivity index (χ4v) is 1.86. The highest BCUT2D eigenvalue weighted by Gasteiger charge is 1.94. The minimum atomic E-state index is 1.08. The van der Waals surface area contributed by atoms with Crippen LogP contribution in [-0.2, 0) is 0 Å². The lowest BCUT2D eigenvalue weighted by atomic mass is 10.4. The Bertz CT molecular complexity index is 122. The molecule has 0 rings (SSSR count). The Kier molecular flexibility index (Phi) is 13.0. The van der Waals surface area contributed by atoms with Crippen LogP contribution in [0.3, 0.4) is 0 Å². The normalized spacial score (nSPS) is 11.0. The molecule has 0 unspecified atom stereocenters. The lowest BCUT2D eigenvalue weighted by Gasteiger charge is -1.99. The second-order valence-electron chi connectivity index (χ2n) is 1.53. The van der Waals surface area contributed by atoms with E-state index in [-0.39, 0.29) is 0 Å². The quantitative estimate of drug-likeness (QED) is 0.647. The van der Waals surface area contributed by atoms with Crippen molar-refractivity contribution in [2.24, 2.45) is 0 Å². The third-order valence-electron chi connectivity index (χ3n) is 1.01. The second-order valence-corrected chi connectivity index (χ2v) is 3.29. The Morgan fingerprint density at radius 3 is 2.09 bits per heavy atom.